The van der Waals surface area contributed by atoms with Crippen LogP contribution >= 0.6 is 24.0 Å². The minimum Gasteiger partial charge on any atom is -0.464 e. The number of thiocarbonyl (C=S) groups is 1. The highest BCUT2D eigenvalue weighted by atomic mass is 32.2. The van der Waals surface area contributed by atoms with Gasteiger partial charge in [-0.05, 0) is 52.3 Å². The first-order valence-electron chi connectivity index (χ1n) is 6.76. The van der Waals surface area contributed by atoms with Crippen LogP contribution in [0.2, 0.25) is 0 Å². The summed E-state index contributed by atoms with van der Waals surface area (Å²) in [6, 6.07) is 4.45. The summed E-state index contributed by atoms with van der Waals surface area (Å²) in [6.45, 7) is 5.92. The fourth-order valence-corrected chi connectivity index (χ4v) is 2.98. The van der Waals surface area contributed by atoms with Gasteiger partial charge in [-0.25, -0.2) is 0 Å². The molecule has 0 aromatic carbocycles. The molecule has 0 radical (unpaired) electrons. The second-order valence-electron chi connectivity index (χ2n) is 5.28. The smallest absolute Gasteiger partial charge is 0.166 e. The SMILES string of the molecule is CC(C)N(CCSCc1ccc(CN(C)C)o1)C(N)=S. The number of thioether (sulfide) groups is 1. The highest BCUT2D eigenvalue weighted by Crippen LogP contribution is 2.16. The van der Waals surface area contributed by atoms with Gasteiger partial charge in [0.15, 0.2) is 5.11 Å². The van der Waals surface area contributed by atoms with E-state index < -0.39 is 0 Å². The first-order valence-corrected chi connectivity index (χ1v) is 8.32. The standard InChI is InChI=1S/C14H25N3OS2/c1-11(2)17(14(15)19)7-8-20-10-13-6-5-12(18-13)9-16(3)4/h5-6,11H,7-10H2,1-4H3,(H2,15,19). The Morgan fingerprint density at radius 2 is 2.00 bits per heavy atom. The maximum absolute atomic E-state index is 5.77. The third-order valence-corrected chi connectivity index (χ3v) is 4.01. The molecule has 0 amide bonds. The van der Waals surface area contributed by atoms with E-state index in [1.165, 1.54) is 0 Å². The van der Waals surface area contributed by atoms with E-state index in [4.69, 9.17) is 22.4 Å². The lowest BCUT2D eigenvalue weighted by molar-refractivity contribution is 0.344. The summed E-state index contributed by atoms with van der Waals surface area (Å²) in [7, 11) is 4.07. The molecule has 0 bridgehead atoms. The van der Waals surface area contributed by atoms with Crippen molar-refractivity contribution in [3.63, 3.8) is 0 Å². The van der Waals surface area contributed by atoms with Crippen LogP contribution < -0.4 is 5.73 Å². The summed E-state index contributed by atoms with van der Waals surface area (Å²) in [6.07, 6.45) is 0. The minimum absolute atomic E-state index is 0.350. The predicted octanol–water partition coefficient (Wildman–Crippen LogP) is 2.53. The van der Waals surface area contributed by atoms with E-state index in [0.29, 0.717) is 11.2 Å². The fraction of sp³-hybridized carbons (Fsp3) is 0.643. The van der Waals surface area contributed by atoms with E-state index in [-0.39, 0.29) is 0 Å². The third kappa shape index (κ3) is 6.15. The van der Waals surface area contributed by atoms with E-state index in [1.807, 2.05) is 36.8 Å². The van der Waals surface area contributed by atoms with Gasteiger partial charge < -0.3 is 20.0 Å². The van der Waals surface area contributed by atoms with Crippen molar-refractivity contribution in [1.29, 1.82) is 0 Å². The average molecular weight is 316 g/mol. The maximum Gasteiger partial charge on any atom is 0.166 e. The summed E-state index contributed by atoms with van der Waals surface area (Å²) in [5.74, 6) is 3.91. The molecule has 0 saturated carbocycles. The zero-order valence-electron chi connectivity index (χ0n) is 12.8. The zero-order chi connectivity index (χ0) is 15.1. The van der Waals surface area contributed by atoms with Gasteiger partial charge >= 0.3 is 0 Å². The molecule has 1 aromatic heterocycles. The van der Waals surface area contributed by atoms with Crippen molar-refractivity contribution < 1.29 is 4.42 Å². The fourth-order valence-electron chi connectivity index (χ4n) is 1.86. The molecule has 1 aromatic rings. The van der Waals surface area contributed by atoms with Crippen LogP contribution in [0.15, 0.2) is 16.5 Å². The topological polar surface area (TPSA) is 45.6 Å². The van der Waals surface area contributed by atoms with E-state index in [9.17, 15) is 0 Å². The molecule has 0 unspecified atom stereocenters. The Morgan fingerprint density at radius 3 is 2.55 bits per heavy atom. The summed E-state index contributed by atoms with van der Waals surface area (Å²) in [4.78, 5) is 4.14. The lowest BCUT2D eigenvalue weighted by Crippen LogP contribution is -2.41. The third-order valence-electron chi connectivity index (χ3n) is 2.82. The number of hydrogen-bond donors (Lipinski definition) is 1. The molecule has 1 rings (SSSR count). The quantitative estimate of drug-likeness (QED) is 0.587. The van der Waals surface area contributed by atoms with Crippen LogP contribution in [0.5, 0.6) is 0 Å². The van der Waals surface area contributed by atoms with E-state index in [2.05, 4.69) is 24.8 Å². The predicted molar refractivity (Wildman–Crippen MR) is 90.9 cm³/mol. The molecule has 0 fully saturated rings. The van der Waals surface area contributed by atoms with Crippen LogP contribution in [-0.4, -0.2) is 47.3 Å². The van der Waals surface area contributed by atoms with Gasteiger partial charge in [-0.2, -0.15) is 11.8 Å². The second kappa shape index (κ2) is 8.54. The van der Waals surface area contributed by atoms with E-state index in [1.54, 1.807) is 0 Å². The van der Waals surface area contributed by atoms with Crippen LogP contribution in [0.4, 0.5) is 0 Å². The molecule has 0 aliphatic carbocycles. The molecule has 20 heavy (non-hydrogen) atoms. The van der Waals surface area contributed by atoms with Crippen LogP contribution in [-0.2, 0) is 12.3 Å². The summed E-state index contributed by atoms with van der Waals surface area (Å²) in [5, 5.41) is 0.479. The molecule has 2 N–H and O–H groups in total. The Kier molecular flexibility index (Phi) is 7.40. The highest BCUT2D eigenvalue weighted by Gasteiger charge is 2.10. The van der Waals surface area contributed by atoms with Gasteiger partial charge in [0.2, 0.25) is 0 Å². The summed E-state index contributed by atoms with van der Waals surface area (Å²) < 4.78 is 5.77. The van der Waals surface area contributed by atoms with E-state index >= 15 is 0 Å². The monoisotopic (exact) mass is 315 g/mol. The van der Waals surface area contributed by atoms with Crippen molar-refractivity contribution in [3.8, 4) is 0 Å². The number of nitrogens with two attached hydrogens (primary N) is 1. The molecule has 0 aliphatic rings. The van der Waals surface area contributed by atoms with Gasteiger partial charge in [-0.15, -0.1) is 0 Å². The lowest BCUT2D eigenvalue weighted by atomic mass is 10.3. The largest absolute Gasteiger partial charge is 0.464 e. The van der Waals surface area contributed by atoms with Crippen molar-refractivity contribution in [2.45, 2.75) is 32.2 Å². The van der Waals surface area contributed by atoms with Gasteiger partial charge in [0.25, 0.3) is 0 Å². The Labute approximate surface area is 131 Å². The van der Waals surface area contributed by atoms with Crippen molar-refractivity contribution in [1.82, 2.24) is 9.80 Å². The number of nitrogens with zero attached hydrogens (tertiary/aromatic N) is 2. The summed E-state index contributed by atoms with van der Waals surface area (Å²) in [5.41, 5.74) is 5.71. The minimum atomic E-state index is 0.350. The Bertz CT molecular complexity index is 418. The lowest BCUT2D eigenvalue weighted by Gasteiger charge is -2.26. The molecule has 0 aliphatic heterocycles. The van der Waals surface area contributed by atoms with Crippen LogP contribution in [0.3, 0.4) is 0 Å². The van der Waals surface area contributed by atoms with Crippen molar-refractivity contribution in [2.75, 3.05) is 26.4 Å². The van der Waals surface area contributed by atoms with Crippen LogP contribution in [0.25, 0.3) is 0 Å². The van der Waals surface area contributed by atoms with Gasteiger partial charge in [-0.3, -0.25) is 0 Å². The van der Waals surface area contributed by atoms with Crippen LogP contribution in [0.1, 0.15) is 25.4 Å². The molecule has 0 atom stereocenters. The number of hydrogen-bond acceptors (Lipinski definition) is 4. The van der Waals surface area contributed by atoms with Crippen molar-refractivity contribution in [3.05, 3.63) is 23.7 Å². The van der Waals surface area contributed by atoms with Gasteiger partial charge in [0.1, 0.15) is 11.5 Å². The van der Waals surface area contributed by atoms with Crippen LogP contribution in [0, 0.1) is 0 Å². The Hall–Kier alpha value is -0.720. The van der Waals surface area contributed by atoms with Gasteiger partial charge in [-0.1, -0.05) is 0 Å². The van der Waals surface area contributed by atoms with Crippen molar-refractivity contribution in [2.24, 2.45) is 5.73 Å². The Morgan fingerprint density at radius 1 is 1.35 bits per heavy atom. The number of furan rings is 1. The normalized spacial score (nSPS) is 11.3. The molecule has 114 valence electrons. The molecule has 4 nitrogen and oxygen atoms in total. The van der Waals surface area contributed by atoms with E-state index in [0.717, 1.165) is 36.1 Å². The van der Waals surface area contributed by atoms with Crippen molar-refractivity contribution >= 4 is 29.1 Å². The molecular formula is C14H25N3OS2. The first kappa shape index (κ1) is 17.3. The maximum atomic E-state index is 5.77. The molecule has 6 heteroatoms. The zero-order valence-corrected chi connectivity index (χ0v) is 14.4. The molecular weight excluding hydrogens is 290 g/mol. The highest BCUT2D eigenvalue weighted by molar-refractivity contribution is 7.98. The van der Waals surface area contributed by atoms with Gasteiger partial charge in [0.05, 0.1) is 12.3 Å². The Balaban J connectivity index is 2.30. The molecule has 0 spiro atoms. The molecule has 0 saturated heterocycles. The first-order chi connectivity index (χ1) is 9.40. The summed E-state index contributed by atoms with van der Waals surface area (Å²) >= 11 is 6.89. The number of rotatable bonds is 8. The molecule has 1 heterocycles. The van der Waals surface area contributed by atoms with Gasteiger partial charge in [0, 0.05) is 18.3 Å². The second-order valence-corrected chi connectivity index (χ2v) is 6.81. The average Bonchev–Trinajstić information content (AvgIpc) is 2.74.